The summed E-state index contributed by atoms with van der Waals surface area (Å²) in [6, 6.07) is 16.0. The highest BCUT2D eigenvalue weighted by Gasteiger charge is 2.07. The minimum absolute atomic E-state index is 0.763. The highest BCUT2D eigenvalue weighted by molar-refractivity contribution is 5.58. The van der Waals surface area contributed by atoms with E-state index < -0.39 is 0 Å². The van der Waals surface area contributed by atoms with E-state index in [1.165, 1.54) is 0 Å². The number of hydrogen-bond acceptors (Lipinski definition) is 3. The first-order chi connectivity index (χ1) is 8.88. The number of nitrogens with one attached hydrogen (secondary N) is 1. The van der Waals surface area contributed by atoms with E-state index in [1.807, 2.05) is 60.1 Å². The molecule has 2 heterocycles. The molecule has 0 aliphatic heterocycles. The Morgan fingerprint density at radius 1 is 1.06 bits per heavy atom. The first kappa shape index (κ1) is 10.9. The van der Waals surface area contributed by atoms with E-state index >= 15 is 0 Å². The molecule has 3 aromatic rings. The molecule has 0 aliphatic carbocycles. The van der Waals surface area contributed by atoms with Crippen LogP contribution in [0.2, 0.25) is 0 Å². The molecule has 0 unspecified atom stereocenters. The molecule has 2 aromatic heterocycles. The average molecular weight is 238 g/mol. The third kappa shape index (κ3) is 1.87. The second kappa shape index (κ2) is 4.58. The van der Waals surface area contributed by atoms with Gasteiger partial charge in [-0.1, -0.05) is 36.4 Å². The number of fused-ring (bicyclic) bond motifs is 1. The van der Waals surface area contributed by atoms with Crippen LogP contribution in [0.5, 0.6) is 0 Å². The van der Waals surface area contributed by atoms with Crippen LogP contribution in [0.4, 0.5) is 0 Å². The van der Waals surface area contributed by atoms with Crippen LogP contribution >= 0.6 is 0 Å². The smallest absolute Gasteiger partial charge is 0.182 e. The fraction of sp³-hybridized carbons (Fsp3) is 0.143. The molecule has 4 nitrogen and oxygen atoms in total. The topological polar surface area (TPSA) is 42.2 Å². The van der Waals surface area contributed by atoms with Crippen LogP contribution in [0.15, 0.2) is 48.5 Å². The lowest BCUT2D eigenvalue weighted by atomic mass is 10.2. The quantitative estimate of drug-likeness (QED) is 0.760. The van der Waals surface area contributed by atoms with Crippen molar-refractivity contribution in [2.45, 2.75) is 6.54 Å². The van der Waals surface area contributed by atoms with Gasteiger partial charge >= 0.3 is 0 Å². The predicted octanol–water partition coefficient (Wildman–Crippen LogP) is 2.12. The zero-order valence-corrected chi connectivity index (χ0v) is 10.2. The Morgan fingerprint density at radius 2 is 1.89 bits per heavy atom. The van der Waals surface area contributed by atoms with Crippen molar-refractivity contribution in [3.63, 3.8) is 0 Å². The van der Waals surface area contributed by atoms with Crippen LogP contribution < -0.4 is 5.32 Å². The van der Waals surface area contributed by atoms with Gasteiger partial charge < -0.3 is 5.32 Å². The first-order valence-electron chi connectivity index (χ1n) is 5.93. The summed E-state index contributed by atoms with van der Waals surface area (Å²) in [5.41, 5.74) is 3.02. The van der Waals surface area contributed by atoms with E-state index in [4.69, 9.17) is 0 Å². The van der Waals surface area contributed by atoms with Gasteiger partial charge in [-0.2, -0.15) is 0 Å². The molecule has 0 saturated heterocycles. The Kier molecular flexibility index (Phi) is 2.78. The van der Waals surface area contributed by atoms with Gasteiger partial charge in [0.2, 0.25) is 0 Å². The van der Waals surface area contributed by atoms with Crippen LogP contribution in [-0.4, -0.2) is 21.6 Å². The Labute approximate surface area is 105 Å². The van der Waals surface area contributed by atoms with Crippen LogP contribution in [0, 0.1) is 0 Å². The number of rotatable bonds is 3. The molecule has 90 valence electrons. The minimum Gasteiger partial charge on any atom is -0.314 e. The zero-order valence-electron chi connectivity index (χ0n) is 10.2. The summed E-state index contributed by atoms with van der Waals surface area (Å²) < 4.78 is 1.89. The van der Waals surface area contributed by atoms with Gasteiger partial charge in [0.15, 0.2) is 11.5 Å². The second-order valence-corrected chi connectivity index (χ2v) is 4.12. The lowest BCUT2D eigenvalue weighted by molar-refractivity contribution is 0.748. The molecule has 0 amide bonds. The van der Waals surface area contributed by atoms with Gasteiger partial charge in [-0.05, 0) is 19.2 Å². The molecule has 4 heteroatoms. The van der Waals surface area contributed by atoms with E-state index in [0.29, 0.717) is 0 Å². The summed E-state index contributed by atoms with van der Waals surface area (Å²) >= 11 is 0. The van der Waals surface area contributed by atoms with Crippen molar-refractivity contribution in [1.29, 1.82) is 0 Å². The van der Waals surface area contributed by atoms with E-state index in [2.05, 4.69) is 15.4 Å². The van der Waals surface area contributed by atoms with Crippen LogP contribution in [-0.2, 0) is 6.54 Å². The third-order valence-electron chi connectivity index (χ3n) is 2.83. The van der Waals surface area contributed by atoms with Crippen molar-refractivity contribution in [3.8, 4) is 11.4 Å². The number of pyridine rings is 1. The molecule has 3 rings (SSSR count). The third-order valence-corrected chi connectivity index (χ3v) is 2.83. The van der Waals surface area contributed by atoms with E-state index in [1.54, 1.807) is 0 Å². The molecule has 1 aromatic carbocycles. The number of hydrogen-bond donors (Lipinski definition) is 1. The van der Waals surface area contributed by atoms with E-state index in [9.17, 15) is 0 Å². The van der Waals surface area contributed by atoms with Gasteiger partial charge in [0.05, 0.1) is 5.69 Å². The predicted molar refractivity (Wildman–Crippen MR) is 71.2 cm³/mol. The largest absolute Gasteiger partial charge is 0.314 e. The molecule has 0 atom stereocenters. The van der Waals surface area contributed by atoms with Crippen molar-refractivity contribution in [2.75, 3.05) is 7.05 Å². The summed E-state index contributed by atoms with van der Waals surface area (Å²) in [6.45, 7) is 0.773. The molecule has 18 heavy (non-hydrogen) atoms. The maximum atomic E-state index is 4.57. The number of nitrogens with zero attached hydrogens (tertiary/aromatic N) is 3. The van der Waals surface area contributed by atoms with Crippen LogP contribution in [0.1, 0.15) is 5.69 Å². The van der Waals surface area contributed by atoms with Gasteiger partial charge in [0, 0.05) is 12.1 Å². The number of benzene rings is 1. The van der Waals surface area contributed by atoms with Gasteiger partial charge in [-0.15, -0.1) is 5.10 Å². The molecular formula is C14H14N4. The maximum Gasteiger partial charge on any atom is 0.182 e. The normalized spacial score (nSPS) is 10.9. The summed E-state index contributed by atoms with van der Waals surface area (Å²) in [7, 11) is 1.92. The highest BCUT2D eigenvalue weighted by Crippen LogP contribution is 2.16. The van der Waals surface area contributed by atoms with Gasteiger partial charge in [-0.25, -0.2) is 9.50 Å². The highest BCUT2D eigenvalue weighted by atomic mass is 15.3. The molecule has 1 N–H and O–H groups in total. The molecule has 0 aliphatic rings. The molecule has 0 fully saturated rings. The summed E-state index contributed by atoms with van der Waals surface area (Å²) in [6.07, 6.45) is 0. The molecule has 0 saturated carbocycles. The Morgan fingerprint density at radius 3 is 2.67 bits per heavy atom. The van der Waals surface area contributed by atoms with Crippen molar-refractivity contribution in [3.05, 3.63) is 54.2 Å². The summed E-state index contributed by atoms with van der Waals surface area (Å²) in [5, 5.41) is 7.70. The maximum absolute atomic E-state index is 4.57. The first-order valence-corrected chi connectivity index (χ1v) is 5.93. The van der Waals surface area contributed by atoms with Crippen molar-refractivity contribution < 1.29 is 0 Å². The van der Waals surface area contributed by atoms with E-state index in [0.717, 1.165) is 29.3 Å². The van der Waals surface area contributed by atoms with Gasteiger partial charge in [0.1, 0.15) is 0 Å². The molecule has 0 spiro atoms. The zero-order chi connectivity index (χ0) is 12.4. The molecule has 0 radical (unpaired) electrons. The lowest BCUT2D eigenvalue weighted by Gasteiger charge is -2.01. The Hall–Kier alpha value is -2.20. The lowest BCUT2D eigenvalue weighted by Crippen LogP contribution is -2.09. The van der Waals surface area contributed by atoms with E-state index in [-0.39, 0.29) is 0 Å². The fourth-order valence-corrected chi connectivity index (χ4v) is 1.98. The monoisotopic (exact) mass is 238 g/mol. The second-order valence-electron chi connectivity index (χ2n) is 4.12. The molecule has 0 bridgehead atoms. The summed E-state index contributed by atoms with van der Waals surface area (Å²) in [4.78, 5) is 4.55. The van der Waals surface area contributed by atoms with Crippen LogP contribution in [0.25, 0.3) is 17.0 Å². The Balaban J connectivity index is 2.14. The van der Waals surface area contributed by atoms with Crippen LogP contribution in [0.3, 0.4) is 0 Å². The number of aromatic nitrogens is 3. The fourth-order valence-electron chi connectivity index (χ4n) is 1.98. The van der Waals surface area contributed by atoms with Gasteiger partial charge in [-0.3, -0.25) is 0 Å². The minimum atomic E-state index is 0.763. The van der Waals surface area contributed by atoms with Crippen molar-refractivity contribution in [2.24, 2.45) is 0 Å². The summed E-state index contributed by atoms with van der Waals surface area (Å²) in [5.74, 6) is 0.763. The molecular weight excluding hydrogens is 224 g/mol. The van der Waals surface area contributed by atoms with Crippen molar-refractivity contribution >= 4 is 5.65 Å². The Bertz CT molecular complexity index is 658. The average Bonchev–Trinajstić information content (AvgIpc) is 2.85. The van der Waals surface area contributed by atoms with Crippen molar-refractivity contribution in [1.82, 2.24) is 19.9 Å². The standard InChI is InChI=1S/C14H14N4/c1-15-10-12-8-5-9-13-16-14(17-18(12)13)11-6-3-2-4-7-11/h2-9,15H,10H2,1H3. The van der Waals surface area contributed by atoms with Gasteiger partial charge in [0.25, 0.3) is 0 Å². The SMILES string of the molecule is CNCc1cccc2nc(-c3ccccc3)nn12.